The largest absolute Gasteiger partial charge is 0.409 e. The lowest BCUT2D eigenvalue weighted by atomic mass is 10.4. The topological polar surface area (TPSA) is 110 Å². The molecule has 0 radical (unpaired) electrons. The van der Waals surface area contributed by atoms with Crippen LogP contribution in [0.5, 0.6) is 0 Å². The average Bonchev–Trinajstić information content (AvgIpc) is 2.81. The minimum absolute atomic E-state index is 0.0542. The second-order valence-electron chi connectivity index (χ2n) is 2.52. The van der Waals surface area contributed by atoms with E-state index < -0.39 is 0 Å². The van der Waals surface area contributed by atoms with Crippen molar-refractivity contribution in [3.63, 3.8) is 0 Å². The van der Waals surface area contributed by atoms with E-state index in [1.54, 1.807) is 11.6 Å². The third kappa shape index (κ3) is 2.44. The predicted molar refractivity (Wildman–Crippen MR) is 58.6 cm³/mol. The van der Waals surface area contributed by atoms with E-state index in [0.717, 1.165) is 4.34 Å². The minimum atomic E-state index is -0.0542. The van der Waals surface area contributed by atoms with Gasteiger partial charge in [-0.25, -0.2) is 9.97 Å². The van der Waals surface area contributed by atoms with E-state index in [0.29, 0.717) is 10.9 Å². The molecule has 0 aromatic carbocycles. The third-order valence-electron chi connectivity index (χ3n) is 1.52. The number of rotatable bonds is 3. The summed E-state index contributed by atoms with van der Waals surface area (Å²) in [6.45, 7) is 0. The zero-order chi connectivity index (χ0) is 11.4. The molecule has 0 unspecified atom stereocenters. The first-order chi connectivity index (χ1) is 7.79. The molecule has 0 aliphatic heterocycles. The lowest BCUT2D eigenvalue weighted by molar-refractivity contribution is 0.318. The van der Waals surface area contributed by atoms with Crippen LogP contribution in [0.2, 0.25) is 0 Å². The SMILES string of the molecule is N/C(=N/O)c1ccnc(Sc2nncs2)n1. The van der Waals surface area contributed by atoms with Crippen LogP contribution < -0.4 is 5.73 Å². The monoisotopic (exact) mass is 254 g/mol. The van der Waals surface area contributed by atoms with Crippen molar-refractivity contribution in [2.24, 2.45) is 10.9 Å². The molecule has 2 heterocycles. The Hall–Kier alpha value is -1.74. The summed E-state index contributed by atoms with van der Waals surface area (Å²) in [5.74, 6) is -0.0542. The Balaban J connectivity index is 2.23. The molecule has 2 aromatic rings. The van der Waals surface area contributed by atoms with E-state index in [4.69, 9.17) is 10.9 Å². The highest BCUT2D eigenvalue weighted by molar-refractivity contribution is 8.00. The van der Waals surface area contributed by atoms with Crippen molar-refractivity contribution in [3.05, 3.63) is 23.5 Å². The van der Waals surface area contributed by atoms with Gasteiger partial charge < -0.3 is 10.9 Å². The van der Waals surface area contributed by atoms with E-state index in [9.17, 15) is 0 Å². The lowest BCUT2D eigenvalue weighted by Gasteiger charge is -1.99. The Morgan fingerprint density at radius 2 is 2.44 bits per heavy atom. The number of amidine groups is 1. The van der Waals surface area contributed by atoms with E-state index in [2.05, 4.69) is 25.3 Å². The highest BCUT2D eigenvalue weighted by Crippen LogP contribution is 2.24. The maximum Gasteiger partial charge on any atom is 0.195 e. The van der Waals surface area contributed by atoms with E-state index >= 15 is 0 Å². The molecule has 7 nitrogen and oxygen atoms in total. The summed E-state index contributed by atoms with van der Waals surface area (Å²) < 4.78 is 0.733. The molecule has 0 saturated carbocycles. The highest BCUT2D eigenvalue weighted by atomic mass is 32.2. The summed E-state index contributed by atoms with van der Waals surface area (Å²) in [5, 5.41) is 19.4. The predicted octanol–water partition coefficient (Wildman–Crippen LogP) is 0.574. The third-order valence-corrected chi connectivity index (χ3v) is 3.18. The number of hydrogen-bond acceptors (Lipinski definition) is 8. The van der Waals surface area contributed by atoms with Gasteiger partial charge >= 0.3 is 0 Å². The first kappa shape index (κ1) is 10.8. The smallest absolute Gasteiger partial charge is 0.195 e. The van der Waals surface area contributed by atoms with Crippen molar-refractivity contribution in [1.82, 2.24) is 20.2 Å². The summed E-state index contributed by atoms with van der Waals surface area (Å²) in [4.78, 5) is 8.12. The molecule has 3 N–H and O–H groups in total. The van der Waals surface area contributed by atoms with Gasteiger partial charge in [0.1, 0.15) is 11.2 Å². The number of aromatic nitrogens is 4. The quantitative estimate of drug-likeness (QED) is 0.271. The fourth-order valence-corrected chi connectivity index (χ4v) is 2.19. The van der Waals surface area contributed by atoms with Crippen molar-refractivity contribution in [2.45, 2.75) is 9.50 Å². The molecule has 0 aliphatic carbocycles. The van der Waals surface area contributed by atoms with Crippen molar-refractivity contribution in [1.29, 1.82) is 0 Å². The molecule has 0 fully saturated rings. The molecule has 0 aliphatic rings. The van der Waals surface area contributed by atoms with Gasteiger partial charge in [0.05, 0.1) is 0 Å². The normalized spacial score (nSPS) is 11.6. The molecule has 0 saturated heterocycles. The van der Waals surface area contributed by atoms with Gasteiger partial charge in [-0.05, 0) is 17.8 Å². The molecule has 0 amide bonds. The summed E-state index contributed by atoms with van der Waals surface area (Å²) >= 11 is 2.65. The fourth-order valence-electron chi connectivity index (χ4n) is 0.869. The highest BCUT2D eigenvalue weighted by Gasteiger charge is 2.06. The molecule has 16 heavy (non-hydrogen) atoms. The van der Waals surface area contributed by atoms with Crippen LogP contribution >= 0.6 is 23.1 Å². The Bertz CT molecular complexity index is 499. The van der Waals surface area contributed by atoms with E-state index in [1.165, 1.54) is 29.3 Å². The van der Waals surface area contributed by atoms with Gasteiger partial charge in [-0.1, -0.05) is 16.5 Å². The molecule has 9 heteroatoms. The second kappa shape index (κ2) is 4.86. The number of nitrogens with two attached hydrogens (primary N) is 1. The van der Waals surface area contributed by atoms with Gasteiger partial charge in [0, 0.05) is 6.20 Å². The van der Waals surface area contributed by atoms with Gasteiger partial charge in [0.25, 0.3) is 0 Å². The van der Waals surface area contributed by atoms with Crippen molar-refractivity contribution < 1.29 is 5.21 Å². The van der Waals surface area contributed by atoms with Crippen LogP contribution in [0.4, 0.5) is 0 Å². The lowest BCUT2D eigenvalue weighted by Crippen LogP contribution is -2.15. The van der Waals surface area contributed by atoms with Crippen molar-refractivity contribution in [3.8, 4) is 0 Å². The van der Waals surface area contributed by atoms with Gasteiger partial charge in [0.15, 0.2) is 15.3 Å². The first-order valence-electron chi connectivity index (χ1n) is 4.04. The summed E-state index contributed by atoms with van der Waals surface area (Å²) in [6, 6.07) is 1.55. The van der Waals surface area contributed by atoms with Crippen LogP contribution in [-0.2, 0) is 0 Å². The Kier molecular flexibility index (Phi) is 3.27. The van der Waals surface area contributed by atoms with Gasteiger partial charge in [-0.3, -0.25) is 0 Å². The molecule has 2 aromatic heterocycles. The van der Waals surface area contributed by atoms with Crippen LogP contribution in [0, 0.1) is 0 Å². The first-order valence-corrected chi connectivity index (χ1v) is 5.74. The molecular formula is C7H6N6OS2. The van der Waals surface area contributed by atoms with Gasteiger partial charge in [0.2, 0.25) is 0 Å². The Morgan fingerprint density at radius 1 is 1.56 bits per heavy atom. The maximum absolute atomic E-state index is 8.51. The molecule has 0 atom stereocenters. The number of oxime groups is 1. The maximum atomic E-state index is 8.51. The second-order valence-corrected chi connectivity index (χ2v) is 4.56. The summed E-state index contributed by atoms with van der Waals surface area (Å²) in [5.41, 5.74) is 7.40. The zero-order valence-electron chi connectivity index (χ0n) is 7.81. The number of nitrogens with zero attached hydrogens (tertiary/aromatic N) is 5. The summed E-state index contributed by atoms with van der Waals surface area (Å²) in [7, 11) is 0. The van der Waals surface area contributed by atoms with Gasteiger partial charge in [-0.2, -0.15) is 0 Å². The average molecular weight is 254 g/mol. The number of hydrogen-bond donors (Lipinski definition) is 2. The Labute approximate surface area is 98.4 Å². The van der Waals surface area contributed by atoms with E-state index in [1.807, 2.05) is 0 Å². The van der Waals surface area contributed by atoms with Gasteiger partial charge in [-0.15, -0.1) is 10.2 Å². The van der Waals surface area contributed by atoms with Crippen LogP contribution in [0.3, 0.4) is 0 Å². The zero-order valence-corrected chi connectivity index (χ0v) is 9.44. The van der Waals surface area contributed by atoms with Crippen molar-refractivity contribution >= 4 is 28.9 Å². The molecule has 0 spiro atoms. The standard InChI is InChI=1S/C7H6N6OS2/c8-5(13-14)4-1-2-9-6(11-4)16-7-12-10-3-15-7/h1-3,14H,(H2,8,13). The molecule has 0 bridgehead atoms. The van der Waals surface area contributed by atoms with Crippen LogP contribution in [0.15, 0.2) is 32.4 Å². The molecular weight excluding hydrogens is 248 g/mol. The van der Waals surface area contributed by atoms with E-state index in [-0.39, 0.29) is 5.84 Å². The van der Waals surface area contributed by atoms with Crippen LogP contribution in [0.1, 0.15) is 5.69 Å². The fraction of sp³-hybridized carbons (Fsp3) is 0. The Morgan fingerprint density at radius 3 is 3.12 bits per heavy atom. The minimum Gasteiger partial charge on any atom is -0.409 e. The summed E-state index contributed by atoms with van der Waals surface area (Å²) in [6.07, 6.45) is 1.53. The van der Waals surface area contributed by atoms with Crippen LogP contribution in [-0.4, -0.2) is 31.2 Å². The molecule has 82 valence electrons. The van der Waals surface area contributed by atoms with Crippen LogP contribution in [0.25, 0.3) is 0 Å². The van der Waals surface area contributed by atoms with Crippen molar-refractivity contribution in [2.75, 3.05) is 0 Å². The molecule has 2 rings (SSSR count).